The quantitative estimate of drug-likeness (QED) is 0.710. The van der Waals surface area contributed by atoms with Crippen molar-refractivity contribution in [2.45, 2.75) is 44.7 Å². The smallest absolute Gasteiger partial charge is 0.317 e. The van der Waals surface area contributed by atoms with E-state index in [1.54, 1.807) is 12.3 Å². The highest BCUT2D eigenvalue weighted by molar-refractivity contribution is 5.95. The highest BCUT2D eigenvalue weighted by Crippen LogP contribution is 2.33. The van der Waals surface area contributed by atoms with E-state index in [4.69, 9.17) is 5.11 Å². The number of aromatic nitrogens is 1. The van der Waals surface area contributed by atoms with E-state index < -0.39 is 5.97 Å². The van der Waals surface area contributed by atoms with E-state index in [0.717, 1.165) is 25.1 Å². The summed E-state index contributed by atoms with van der Waals surface area (Å²) in [5.74, 6) is -0.138. The van der Waals surface area contributed by atoms with Crippen molar-refractivity contribution in [3.63, 3.8) is 0 Å². The lowest BCUT2D eigenvalue weighted by atomic mass is 9.85. The van der Waals surface area contributed by atoms with Crippen molar-refractivity contribution in [1.82, 2.24) is 15.2 Å². The molecule has 1 aromatic rings. The molecule has 0 bridgehead atoms. The van der Waals surface area contributed by atoms with Crippen molar-refractivity contribution in [2.24, 2.45) is 5.92 Å². The highest BCUT2D eigenvalue weighted by Gasteiger charge is 2.37. The van der Waals surface area contributed by atoms with Gasteiger partial charge in [0.1, 0.15) is 0 Å². The highest BCUT2D eigenvalue weighted by atomic mass is 16.4. The first-order valence-corrected chi connectivity index (χ1v) is 7.93. The van der Waals surface area contributed by atoms with Crippen LogP contribution < -0.4 is 5.32 Å². The second kappa shape index (κ2) is 6.12. The number of rotatable bonds is 7. The lowest BCUT2D eigenvalue weighted by Crippen LogP contribution is -2.55. The van der Waals surface area contributed by atoms with Crippen molar-refractivity contribution < 1.29 is 14.7 Å². The van der Waals surface area contributed by atoms with Crippen molar-refractivity contribution in [2.75, 3.05) is 13.1 Å². The van der Waals surface area contributed by atoms with Crippen LogP contribution in [0.4, 0.5) is 0 Å². The third-order valence-corrected chi connectivity index (χ3v) is 4.69. The van der Waals surface area contributed by atoms with Crippen molar-refractivity contribution in [3.8, 4) is 0 Å². The molecule has 0 aromatic carbocycles. The molecule has 1 aromatic heterocycles. The van der Waals surface area contributed by atoms with Gasteiger partial charge in [-0.05, 0) is 44.6 Å². The summed E-state index contributed by atoms with van der Waals surface area (Å²) >= 11 is 0. The summed E-state index contributed by atoms with van der Waals surface area (Å²) in [4.78, 5) is 28.2. The predicted octanol–water partition coefficient (Wildman–Crippen LogP) is 1.38. The second-order valence-corrected chi connectivity index (χ2v) is 6.58. The molecule has 1 heterocycles. The molecule has 0 spiro atoms. The molecule has 120 valence electrons. The van der Waals surface area contributed by atoms with Crippen LogP contribution in [-0.2, 0) is 4.79 Å². The van der Waals surface area contributed by atoms with Gasteiger partial charge in [-0.25, -0.2) is 0 Å². The number of nitrogens with one attached hydrogen (secondary N) is 2. The van der Waals surface area contributed by atoms with Crippen LogP contribution >= 0.6 is 0 Å². The maximum Gasteiger partial charge on any atom is 0.317 e. The molecule has 3 rings (SSSR count). The minimum atomic E-state index is -0.768. The van der Waals surface area contributed by atoms with Gasteiger partial charge in [0, 0.05) is 30.5 Å². The molecule has 2 aliphatic rings. The number of carboxylic acids is 1. The van der Waals surface area contributed by atoms with Crippen LogP contribution in [0.3, 0.4) is 0 Å². The summed E-state index contributed by atoms with van der Waals surface area (Å²) < 4.78 is 0. The number of aryl methyl sites for hydroxylation is 1. The molecule has 3 N–H and O–H groups in total. The Bertz CT molecular complexity index is 559. The Balaban J connectivity index is 1.48. The molecule has 0 atom stereocenters. The minimum Gasteiger partial charge on any atom is -0.480 e. The van der Waals surface area contributed by atoms with E-state index >= 15 is 0 Å². The molecule has 2 fully saturated rings. The number of carboxylic acid groups (broad SMARTS) is 1. The van der Waals surface area contributed by atoms with E-state index in [1.165, 1.54) is 12.8 Å². The summed E-state index contributed by atoms with van der Waals surface area (Å²) in [5.41, 5.74) is 1.55. The van der Waals surface area contributed by atoms with E-state index in [-0.39, 0.29) is 24.5 Å². The molecule has 0 unspecified atom stereocenters. The summed E-state index contributed by atoms with van der Waals surface area (Å²) in [5, 5.41) is 12.1. The van der Waals surface area contributed by atoms with Crippen LogP contribution in [0.5, 0.6) is 0 Å². The fraction of sp³-hybridized carbons (Fsp3) is 0.625. The molecule has 6 heteroatoms. The third-order valence-electron chi connectivity index (χ3n) is 4.69. The number of hydrogen-bond acceptors (Lipinski definition) is 3. The van der Waals surface area contributed by atoms with Crippen LogP contribution in [0.1, 0.15) is 41.7 Å². The molecule has 6 nitrogen and oxygen atoms in total. The van der Waals surface area contributed by atoms with Gasteiger partial charge in [0.2, 0.25) is 0 Å². The standard InChI is InChI=1S/C16H23N3O3/c1-10-14(4-5-17-10)16(22)18-12-6-13(7-12)19(9-15(20)21)8-11-2-3-11/h4-5,11-13,17H,2-3,6-9H2,1H3,(H,18,22)(H,20,21). The fourth-order valence-corrected chi connectivity index (χ4v) is 3.11. The molecule has 0 aliphatic heterocycles. The Hall–Kier alpha value is -1.82. The first-order valence-electron chi connectivity index (χ1n) is 7.93. The van der Waals surface area contributed by atoms with Gasteiger partial charge in [-0.2, -0.15) is 0 Å². The number of nitrogens with zero attached hydrogens (tertiary/aromatic N) is 1. The van der Waals surface area contributed by atoms with Gasteiger partial charge in [0.25, 0.3) is 5.91 Å². The molecule has 22 heavy (non-hydrogen) atoms. The molecule has 0 saturated heterocycles. The molecule has 2 saturated carbocycles. The first-order chi connectivity index (χ1) is 10.5. The molecular weight excluding hydrogens is 282 g/mol. The van der Waals surface area contributed by atoms with Gasteiger partial charge < -0.3 is 15.4 Å². The molecule has 1 amide bonds. The Morgan fingerprint density at radius 3 is 2.68 bits per heavy atom. The first kappa shape index (κ1) is 15.1. The summed E-state index contributed by atoms with van der Waals surface area (Å²) in [7, 11) is 0. The van der Waals surface area contributed by atoms with E-state index in [9.17, 15) is 9.59 Å². The van der Waals surface area contributed by atoms with Gasteiger partial charge in [-0.1, -0.05) is 0 Å². The molecule has 2 aliphatic carbocycles. The fourth-order valence-electron chi connectivity index (χ4n) is 3.11. The maximum absolute atomic E-state index is 12.1. The number of aliphatic carboxylic acids is 1. The summed E-state index contributed by atoms with van der Waals surface area (Å²) in [6, 6.07) is 2.22. The SMILES string of the molecule is Cc1[nH]ccc1C(=O)NC1CC(N(CC(=O)O)CC2CC2)C1. The number of H-pyrrole nitrogens is 1. The number of carbonyl (C=O) groups is 2. The van der Waals surface area contributed by atoms with Crippen LogP contribution in [0.25, 0.3) is 0 Å². The van der Waals surface area contributed by atoms with Crippen LogP contribution in [0.15, 0.2) is 12.3 Å². The Morgan fingerprint density at radius 2 is 2.14 bits per heavy atom. The predicted molar refractivity (Wildman–Crippen MR) is 81.7 cm³/mol. The van der Waals surface area contributed by atoms with Crippen molar-refractivity contribution in [3.05, 3.63) is 23.5 Å². The maximum atomic E-state index is 12.1. The second-order valence-electron chi connectivity index (χ2n) is 6.58. The van der Waals surface area contributed by atoms with Gasteiger partial charge in [-0.3, -0.25) is 14.5 Å². The van der Waals surface area contributed by atoms with Gasteiger partial charge >= 0.3 is 5.97 Å². The van der Waals surface area contributed by atoms with Crippen molar-refractivity contribution >= 4 is 11.9 Å². The van der Waals surface area contributed by atoms with E-state index in [0.29, 0.717) is 11.5 Å². The average Bonchev–Trinajstić information content (AvgIpc) is 3.11. The van der Waals surface area contributed by atoms with Crippen LogP contribution in [0, 0.1) is 12.8 Å². The number of carbonyl (C=O) groups excluding carboxylic acids is 1. The zero-order chi connectivity index (χ0) is 15.7. The molecular formula is C16H23N3O3. The Morgan fingerprint density at radius 1 is 1.41 bits per heavy atom. The third kappa shape index (κ3) is 3.50. The zero-order valence-electron chi connectivity index (χ0n) is 12.8. The topological polar surface area (TPSA) is 85.4 Å². The Labute approximate surface area is 129 Å². The monoisotopic (exact) mass is 305 g/mol. The van der Waals surface area contributed by atoms with Crippen molar-refractivity contribution in [1.29, 1.82) is 0 Å². The number of amides is 1. The zero-order valence-corrected chi connectivity index (χ0v) is 12.8. The van der Waals surface area contributed by atoms with Gasteiger partial charge in [0.15, 0.2) is 0 Å². The van der Waals surface area contributed by atoms with Crippen LogP contribution in [-0.4, -0.2) is 52.0 Å². The largest absolute Gasteiger partial charge is 0.480 e. The molecule has 0 radical (unpaired) electrons. The summed E-state index contributed by atoms with van der Waals surface area (Å²) in [6.45, 7) is 2.87. The van der Waals surface area contributed by atoms with E-state index in [2.05, 4.69) is 15.2 Å². The number of hydrogen-bond donors (Lipinski definition) is 3. The summed E-state index contributed by atoms with van der Waals surface area (Å²) in [6.07, 6.45) is 5.88. The lowest BCUT2D eigenvalue weighted by molar-refractivity contribution is -0.139. The average molecular weight is 305 g/mol. The normalized spacial score (nSPS) is 24.1. The minimum absolute atomic E-state index is 0.0471. The van der Waals surface area contributed by atoms with Gasteiger partial charge in [-0.15, -0.1) is 0 Å². The van der Waals surface area contributed by atoms with E-state index in [1.807, 2.05) is 6.92 Å². The van der Waals surface area contributed by atoms with Gasteiger partial charge in [0.05, 0.1) is 12.1 Å². The Kier molecular flexibility index (Phi) is 4.20. The lowest BCUT2D eigenvalue weighted by Gasteiger charge is -2.42. The van der Waals surface area contributed by atoms with Crippen LogP contribution in [0.2, 0.25) is 0 Å². The number of aromatic amines is 1.